The highest BCUT2D eigenvalue weighted by Crippen LogP contribution is 2.26. The quantitative estimate of drug-likeness (QED) is 0.674. The molecular weight excluding hydrogens is 333 g/mol. The maximum atomic E-state index is 13.5. The van der Waals surface area contributed by atoms with Gasteiger partial charge in [-0.3, -0.25) is 4.79 Å². The lowest BCUT2D eigenvalue weighted by atomic mass is 10.2. The van der Waals surface area contributed by atoms with Crippen LogP contribution in [0.2, 0.25) is 0 Å². The molecule has 1 aliphatic heterocycles. The van der Waals surface area contributed by atoms with Gasteiger partial charge in [-0.05, 0) is 29.8 Å². The van der Waals surface area contributed by atoms with Crippen molar-refractivity contribution in [1.82, 2.24) is 5.32 Å². The highest BCUT2D eigenvalue weighted by molar-refractivity contribution is 8.26. The Labute approximate surface area is 142 Å². The SMILES string of the molecule is O=C1NC(=S)SC1=Cc1ccc(OCc2ccccc2F)cc1. The Kier molecular flexibility index (Phi) is 4.73. The van der Waals surface area contributed by atoms with E-state index in [0.29, 0.717) is 20.5 Å². The van der Waals surface area contributed by atoms with E-state index in [0.717, 1.165) is 5.56 Å². The molecule has 2 aromatic carbocycles. The summed E-state index contributed by atoms with van der Waals surface area (Å²) >= 11 is 6.18. The van der Waals surface area contributed by atoms with Gasteiger partial charge < -0.3 is 10.1 Å². The van der Waals surface area contributed by atoms with Crippen molar-refractivity contribution < 1.29 is 13.9 Å². The second kappa shape index (κ2) is 6.93. The number of nitrogens with one attached hydrogen (secondary N) is 1. The molecule has 0 spiro atoms. The Morgan fingerprint density at radius 2 is 1.91 bits per heavy atom. The molecule has 1 N–H and O–H groups in total. The number of halogens is 1. The average Bonchev–Trinajstić information content (AvgIpc) is 2.85. The first-order valence-electron chi connectivity index (χ1n) is 6.83. The van der Waals surface area contributed by atoms with Gasteiger partial charge in [-0.25, -0.2) is 4.39 Å². The topological polar surface area (TPSA) is 38.3 Å². The number of carbonyl (C=O) groups is 1. The summed E-state index contributed by atoms with van der Waals surface area (Å²) in [5.41, 5.74) is 1.37. The predicted octanol–water partition coefficient (Wildman–Crippen LogP) is 3.89. The zero-order valence-corrected chi connectivity index (χ0v) is 13.5. The zero-order valence-electron chi connectivity index (χ0n) is 11.9. The summed E-state index contributed by atoms with van der Waals surface area (Å²) in [5, 5.41) is 2.57. The zero-order chi connectivity index (χ0) is 16.2. The third kappa shape index (κ3) is 3.97. The largest absolute Gasteiger partial charge is 0.489 e. The molecule has 0 unspecified atom stereocenters. The summed E-state index contributed by atoms with van der Waals surface area (Å²) in [7, 11) is 0. The van der Waals surface area contributed by atoms with Gasteiger partial charge in [0.1, 0.15) is 22.5 Å². The summed E-state index contributed by atoms with van der Waals surface area (Å²) in [5.74, 6) is 0.170. The fraction of sp³-hybridized carbons (Fsp3) is 0.0588. The van der Waals surface area contributed by atoms with Crippen LogP contribution in [-0.4, -0.2) is 10.2 Å². The Bertz CT molecular complexity index is 787. The van der Waals surface area contributed by atoms with Crippen molar-refractivity contribution in [2.45, 2.75) is 6.61 Å². The Balaban J connectivity index is 1.66. The Morgan fingerprint density at radius 3 is 2.57 bits per heavy atom. The molecular formula is C17H12FNO2S2. The molecule has 0 saturated carbocycles. The first-order valence-corrected chi connectivity index (χ1v) is 8.05. The minimum Gasteiger partial charge on any atom is -0.489 e. The van der Waals surface area contributed by atoms with Crippen LogP contribution in [-0.2, 0) is 11.4 Å². The second-order valence-corrected chi connectivity index (χ2v) is 6.52. The molecule has 1 fully saturated rings. The van der Waals surface area contributed by atoms with E-state index in [-0.39, 0.29) is 18.3 Å². The lowest BCUT2D eigenvalue weighted by Gasteiger charge is -2.07. The Morgan fingerprint density at radius 1 is 1.17 bits per heavy atom. The van der Waals surface area contributed by atoms with Crippen LogP contribution in [0.5, 0.6) is 5.75 Å². The summed E-state index contributed by atoms with van der Waals surface area (Å²) < 4.78 is 19.5. The maximum absolute atomic E-state index is 13.5. The molecule has 1 amide bonds. The van der Waals surface area contributed by atoms with E-state index in [1.165, 1.54) is 17.8 Å². The smallest absolute Gasteiger partial charge is 0.263 e. The molecule has 1 aliphatic rings. The standard InChI is InChI=1S/C17H12FNO2S2/c18-14-4-2-1-3-12(14)10-21-13-7-5-11(6-8-13)9-15-16(20)19-17(22)23-15/h1-9H,10H2,(H,19,20,22). The third-order valence-electron chi connectivity index (χ3n) is 3.17. The van der Waals surface area contributed by atoms with Crippen molar-refractivity contribution in [3.8, 4) is 5.75 Å². The van der Waals surface area contributed by atoms with Gasteiger partial charge in [0, 0.05) is 5.56 Å². The lowest BCUT2D eigenvalue weighted by Crippen LogP contribution is -2.17. The predicted molar refractivity (Wildman–Crippen MR) is 93.5 cm³/mol. The normalized spacial score (nSPS) is 15.8. The monoisotopic (exact) mass is 345 g/mol. The van der Waals surface area contributed by atoms with Crippen molar-refractivity contribution in [3.63, 3.8) is 0 Å². The van der Waals surface area contributed by atoms with Crippen molar-refractivity contribution in [2.24, 2.45) is 0 Å². The van der Waals surface area contributed by atoms with Gasteiger partial charge in [-0.1, -0.05) is 54.3 Å². The number of thiocarbonyl (C=S) groups is 1. The molecule has 1 heterocycles. The van der Waals surface area contributed by atoms with E-state index in [9.17, 15) is 9.18 Å². The van der Waals surface area contributed by atoms with Gasteiger partial charge >= 0.3 is 0 Å². The van der Waals surface area contributed by atoms with E-state index in [1.54, 1.807) is 36.4 Å². The van der Waals surface area contributed by atoms with E-state index in [4.69, 9.17) is 17.0 Å². The summed E-state index contributed by atoms with van der Waals surface area (Å²) in [4.78, 5) is 12.2. The van der Waals surface area contributed by atoms with Crippen molar-refractivity contribution in [2.75, 3.05) is 0 Å². The van der Waals surface area contributed by atoms with E-state index >= 15 is 0 Å². The molecule has 3 rings (SSSR count). The van der Waals surface area contributed by atoms with Gasteiger partial charge in [-0.15, -0.1) is 0 Å². The fourth-order valence-electron chi connectivity index (χ4n) is 2.01. The molecule has 2 aromatic rings. The van der Waals surface area contributed by atoms with Crippen LogP contribution in [0.1, 0.15) is 11.1 Å². The molecule has 23 heavy (non-hydrogen) atoms. The van der Waals surface area contributed by atoms with Gasteiger partial charge in [0.25, 0.3) is 5.91 Å². The second-order valence-electron chi connectivity index (χ2n) is 4.80. The molecule has 116 valence electrons. The molecule has 0 atom stereocenters. The molecule has 1 saturated heterocycles. The molecule has 0 aliphatic carbocycles. The minimum absolute atomic E-state index is 0.166. The number of amides is 1. The minimum atomic E-state index is -0.283. The van der Waals surface area contributed by atoms with Gasteiger partial charge in [0.05, 0.1) is 4.91 Å². The Hall–Kier alpha value is -2.18. The lowest BCUT2D eigenvalue weighted by molar-refractivity contribution is -0.115. The summed E-state index contributed by atoms with van der Waals surface area (Å²) in [6.07, 6.45) is 1.76. The van der Waals surface area contributed by atoms with E-state index in [2.05, 4.69) is 5.32 Å². The van der Waals surface area contributed by atoms with Gasteiger partial charge in [-0.2, -0.15) is 0 Å². The van der Waals surface area contributed by atoms with E-state index in [1.807, 2.05) is 12.1 Å². The third-order valence-corrected chi connectivity index (χ3v) is 4.33. The summed E-state index contributed by atoms with van der Waals surface area (Å²) in [6, 6.07) is 13.7. The number of ether oxygens (including phenoxy) is 1. The number of rotatable bonds is 4. The first-order chi connectivity index (χ1) is 11.1. The number of thioether (sulfide) groups is 1. The number of benzene rings is 2. The molecule has 0 aromatic heterocycles. The number of carbonyl (C=O) groups excluding carboxylic acids is 1. The van der Waals surface area contributed by atoms with E-state index < -0.39 is 0 Å². The molecule has 0 bridgehead atoms. The van der Waals surface area contributed by atoms with Crippen LogP contribution in [0.3, 0.4) is 0 Å². The van der Waals surface area contributed by atoms with Crippen molar-refractivity contribution >= 4 is 40.3 Å². The fourth-order valence-corrected chi connectivity index (χ4v) is 3.05. The average molecular weight is 345 g/mol. The molecule has 6 heteroatoms. The van der Waals surface area contributed by atoms with Crippen LogP contribution < -0.4 is 10.1 Å². The van der Waals surface area contributed by atoms with Crippen molar-refractivity contribution in [1.29, 1.82) is 0 Å². The van der Waals surface area contributed by atoms with Crippen LogP contribution in [0.4, 0.5) is 4.39 Å². The highest BCUT2D eigenvalue weighted by atomic mass is 32.2. The van der Waals surface area contributed by atoms with Crippen molar-refractivity contribution in [3.05, 3.63) is 70.4 Å². The first kappa shape index (κ1) is 15.7. The number of hydrogen-bond donors (Lipinski definition) is 1. The molecule has 0 radical (unpaired) electrons. The summed E-state index contributed by atoms with van der Waals surface area (Å²) in [6.45, 7) is 0.166. The highest BCUT2D eigenvalue weighted by Gasteiger charge is 2.21. The van der Waals surface area contributed by atoms with Gasteiger partial charge in [0.15, 0.2) is 0 Å². The van der Waals surface area contributed by atoms with Crippen LogP contribution in [0, 0.1) is 5.82 Å². The van der Waals surface area contributed by atoms with Crippen LogP contribution in [0.15, 0.2) is 53.4 Å². The molecule has 3 nitrogen and oxygen atoms in total. The van der Waals surface area contributed by atoms with Gasteiger partial charge in [0.2, 0.25) is 0 Å². The van der Waals surface area contributed by atoms with Crippen LogP contribution >= 0.6 is 24.0 Å². The van der Waals surface area contributed by atoms with Crippen LogP contribution in [0.25, 0.3) is 6.08 Å². The number of hydrogen-bond acceptors (Lipinski definition) is 4. The maximum Gasteiger partial charge on any atom is 0.263 e.